The summed E-state index contributed by atoms with van der Waals surface area (Å²) in [6, 6.07) is 10.9. The summed E-state index contributed by atoms with van der Waals surface area (Å²) in [5.74, 6) is 0. The largest absolute Gasteiger partial charge is 0.416 e. The molecule has 0 aromatic heterocycles. The van der Waals surface area contributed by atoms with E-state index < -0.39 is 21.8 Å². The van der Waals surface area contributed by atoms with E-state index in [0.29, 0.717) is 5.69 Å². The first-order valence-corrected chi connectivity index (χ1v) is 8.41. The van der Waals surface area contributed by atoms with Gasteiger partial charge in [0.15, 0.2) is 0 Å². The molecule has 0 aliphatic carbocycles. The van der Waals surface area contributed by atoms with Gasteiger partial charge in [-0.25, -0.2) is 8.42 Å². The van der Waals surface area contributed by atoms with E-state index in [2.05, 4.69) is 4.72 Å². The molecule has 0 aliphatic heterocycles. The lowest BCUT2D eigenvalue weighted by molar-refractivity contribution is -0.137. The molecule has 0 aliphatic rings. The van der Waals surface area contributed by atoms with Crippen molar-refractivity contribution in [2.45, 2.75) is 12.7 Å². The van der Waals surface area contributed by atoms with Gasteiger partial charge in [-0.3, -0.25) is 4.72 Å². The SMILES string of the molecule is NCc1cccc(NS(=O)(=O)/C=C/c2cccc(C(F)(F)F)c2)c1. The van der Waals surface area contributed by atoms with Crippen LogP contribution in [0, 0.1) is 0 Å². The van der Waals surface area contributed by atoms with Crippen LogP contribution in [0.4, 0.5) is 18.9 Å². The smallest absolute Gasteiger partial charge is 0.326 e. The number of nitrogens with two attached hydrogens (primary N) is 1. The molecule has 0 amide bonds. The molecule has 2 aromatic rings. The van der Waals surface area contributed by atoms with Crippen molar-refractivity contribution in [3.63, 3.8) is 0 Å². The van der Waals surface area contributed by atoms with Crippen LogP contribution in [0.3, 0.4) is 0 Å². The molecule has 0 bridgehead atoms. The Morgan fingerprint density at radius 2 is 1.79 bits per heavy atom. The van der Waals surface area contributed by atoms with Gasteiger partial charge in [0.05, 0.1) is 11.0 Å². The quantitative estimate of drug-likeness (QED) is 0.860. The van der Waals surface area contributed by atoms with Crippen molar-refractivity contribution < 1.29 is 21.6 Å². The minimum atomic E-state index is -4.48. The Balaban J connectivity index is 2.18. The first kappa shape index (κ1) is 18.0. The summed E-state index contributed by atoms with van der Waals surface area (Å²) in [5.41, 5.74) is 5.84. The lowest BCUT2D eigenvalue weighted by Crippen LogP contribution is -2.09. The maximum Gasteiger partial charge on any atom is 0.416 e. The molecule has 2 aromatic carbocycles. The first-order chi connectivity index (χ1) is 11.2. The van der Waals surface area contributed by atoms with Gasteiger partial charge in [0.25, 0.3) is 10.0 Å². The van der Waals surface area contributed by atoms with Crippen LogP contribution in [0.1, 0.15) is 16.7 Å². The average molecular weight is 356 g/mol. The fourth-order valence-electron chi connectivity index (χ4n) is 1.95. The van der Waals surface area contributed by atoms with Gasteiger partial charge in [0.2, 0.25) is 0 Å². The molecule has 2 rings (SSSR count). The van der Waals surface area contributed by atoms with Gasteiger partial charge in [-0.05, 0) is 41.5 Å². The zero-order valence-corrected chi connectivity index (χ0v) is 13.2. The molecular weight excluding hydrogens is 341 g/mol. The van der Waals surface area contributed by atoms with Crippen molar-refractivity contribution in [2.24, 2.45) is 5.73 Å². The van der Waals surface area contributed by atoms with Crippen LogP contribution in [-0.2, 0) is 22.7 Å². The van der Waals surface area contributed by atoms with Gasteiger partial charge in [-0.2, -0.15) is 13.2 Å². The second-order valence-electron chi connectivity index (χ2n) is 4.98. The van der Waals surface area contributed by atoms with Gasteiger partial charge >= 0.3 is 6.18 Å². The molecule has 128 valence electrons. The molecule has 0 saturated heterocycles. The predicted octanol–water partition coefficient (Wildman–Crippen LogP) is 3.58. The molecule has 3 N–H and O–H groups in total. The number of hydrogen-bond acceptors (Lipinski definition) is 3. The lowest BCUT2D eigenvalue weighted by atomic mass is 10.1. The predicted molar refractivity (Wildman–Crippen MR) is 87.4 cm³/mol. The molecular formula is C16H15F3N2O2S. The summed E-state index contributed by atoms with van der Waals surface area (Å²) < 4.78 is 64.2. The minimum absolute atomic E-state index is 0.130. The van der Waals surface area contributed by atoms with Gasteiger partial charge in [-0.1, -0.05) is 24.3 Å². The number of rotatable bonds is 5. The molecule has 0 radical (unpaired) electrons. The van der Waals surface area contributed by atoms with Crippen molar-refractivity contribution in [3.8, 4) is 0 Å². The van der Waals surface area contributed by atoms with Crippen LogP contribution in [0.25, 0.3) is 6.08 Å². The Kier molecular flexibility index (Phi) is 5.30. The average Bonchev–Trinajstić information content (AvgIpc) is 2.52. The molecule has 0 unspecified atom stereocenters. The Morgan fingerprint density at radius 1 is 1.08 bits per heavy atom. The van der Waals surface area contributed by atoms with Gasteiger partial charge in [-0.15, -0.1) is 0 Å². The third-order valence-corrected chi connectivity index (χ3v) is 4.09. The van der Waals surface area contributed by atoms with E-state index >= 15 is 0 Å². The third-order valence-electron chi connectivity index (χ3n) is 3.08. The summed E-state index contributed by atoms with van der Waals surface area (Å²) in [6.45, 7) is 0.260. The number of alkyl halides is 3. The van der Waals surface area contributed by atoms with Crippen molar-refractivity contribution in [1.29, 1.82) is 0 Å². The van der Waals surface area contributed by atoms with Crippen molar-refractivity contribution in [3.05, 3.63) is 70.6 Å². The highest BCUT2D eigenvalue weighted by atomic mass is 32.2. The molecule has 0 atom stereocenters. The molecule has 4 nitrogen and oxygen atoms in total. The Labute approximate surface area is 137 Å². The van der Waals surface area contributed by atoms with Gasteiger partial charge in [0, 0.05) is 12.2 Å². The summed E-state index contributed by atoms with van der Waals surface area (Å²) in [7, 11) is -3.86. The summed E-state index contributed by atoms with van der Waals surface area (Å²) in [6.07, 6.45) is -3.38. The zero-order valence-electron chi connectivity index (χ0n) is 12.4. The molecule has 0 spiro atoms. The number of sulfonamides is 1. The normalized spacial score (nSPS) is 12.5. The summed E-state index contributed by atoms with van der Waals surface area (Å²) in [5, 5.41) is 0.817. The molecule has 8 heteroatoms. The maximum absolute atomic E-state index is 12.6. The van der Waals surface area contributed by atoms with Crippen molar-refractivity contribution in [2.75, 3.05) is 4.72 Å². The first-order valence-electron chi connectivity index (χ1n) is 6.87. The monoisotopic (exact) mass is 356 g/mol. The highest BCUT2D eigenvalue weighted by molar-refractivity contribution is 7.95. The van der Waals surface area contributed by atoms with Gasteiger partial charge in [0.1, 0.15) is 0 Å². The van der Waals surface area contributed by atoms with E-state index in [9.17, 15) is 21.6 Å². The van der Waals surface area contributed by atoms with Crippen LogP contribution in [-0.4, -0.2) is 8.42 Å². The third kappa shape index (κ3) is 5.10. The number of halogens is 3. The van der Waals surface area contributed by atoms with Gasteiger partial charge < -0.3 is 5.73 Å². The summed E-state index contributed by atoms with van der Waals surface area (Å²) >= 11 is 0. The van der Waals surface area contributed by atoms with E-state index in [1.165, 1.54) is 12.1 Å². The zero-order chi connectivity index (χ0) is 17.8. The number of nitrogens with one attached hydrogen (secondary N) is 1. The number of benzene rings is 2. The topological polar surface area (TPSA) is 72.2 Å². The van der Waals surface area contributed by atoms with Crippen LogP contribution in [0.5, 0.6) is 0 Å². The maximum atomic E-state index is 12.6. The van der Waals surface area contributed by atoms with Crippen molar-refractivity contribution in [1.82, 2.24) is 0 Å². The Hall–Kier alpha value is -2.32. The second-order valence-corrected chi connectivity index (χ2v) is 6.54. The lowest BCUT2D eigenvalue weighted by Gasteiger charge is -2.07. The van der Waals surface area contributed by atoms with Crippen LogP contribution in [0.15, 0.2) is 53.9 Å². The van der Waals surface area contributed by atoms with E-state index in [1.807, 2.05) is 0 Å². The fraction of sp³-hybridized carbons (Fsp3) is 0.125. The standard InChI is InChI=1S/C16H15F3N2O2S/c17-16(18,19)14-5-1-3-12(9-14)7-8-24(22,23)21-15-6-2-4-13(10-15)11-20/h1-10,21H,11,20H2/b8-7+. The highest BCUT2D eigenvalue weighted by Gasteiger charge is 2.30. The van der Waals surface area contributed by atoms with Crippen LogP contribution >= 0.6 is 0 Å². The Morgan fingerprint density at radius 3 is 2.46 bits per heavy atom. The minimum Gasteiger partial charge on any atom is -0.326 e. The van der Waals surface area contributed by atoms with E-state index in [4.69, 9.17) is 5.73 Å². The number of anilines is 1. The van der Waals surface area contributed by atoms with Crippen molar-refractivity contribution >= 4 is 21.8 Å². The van der Waals surface area contributed by atoms with E-state index in [-0.39, 0.29) is 12.1 Å². The molecule has 0 fully saturated rings. The molecule has 0 saturated carbocycles. The molecule has 24 heavy (non-hydrogen) atoms. The highest BCUT2D eigenvalue weighted by Crippen LogP contribution is 2.29. The van der Waals surface area contributed by atoms with Crippen LogP contribution < -0.4 is 10.5 Å². The fourth-order valence-corrected chi connectivity index (χ4v) is 2.81. The Bertz CT molecular complexity index is 846. The molecule has 0 heterocycles. The van der Waals surface area contributed by atoms with Crippen LogP contribution in [0.2, 0.25) is 0 Å². The summed E-state index contributed by atoms with van der Waals surface area (Å²) in [4.78, 5) is 0. The van der Waals surface area contributed by atoms with E-state index in [1.54, 1.807) is 24.3 Å². The van der Waals surface area contributed by atoms with E-state index in [0.717, 1.165) is 29.2 Å². The second kappa shape index (κ2) is 7.06. The number of hydrogen-bond donors (Lipinski definition) is 2.